The standard InChI is InChI=1S/C13H18ClN3O/c1-9-6-10(14)13-11(7-9)16(2)4-3-5-17(13)12(18)8-15/h6-7H,3-5,8,15H2,1-2H3. The molecule has 98 valence electrons. The van der Waals surface area contributed by atoms with Crippen molar-refractivity contribution in [3.63, 3.8) is 0 Å². The first-order chi connectivity index (χ1) is 8.54. The van der Waals surface area contributed by atoms with Gasteiger partial charge in [-0.3, -0.25) is 4.79 Å². The Morgan fingerprint density at radius 2 is 2.17 bits per heavy atom. The van der Waals surface area contributed by atoms with Crippen LogP contribution in [0.5, 0.6) is 0 Å². The summed E-state index contributed by atoms with van der Waals surface area (Å²) in [4.78, 5) is 15.8. The maximum absolute atomic E-state index is 11.9. The van der Waals surface area contributed by atoms with Crippen molar-refractivity contribution in [3.8, 4) is 0 Å². The molecule has 1 aliphatic rings. The van der Waals surface area contributed by atoms with Crippen LogP contribution in [0, 0.1) is 6.92 Å². The van der Waals surface area contributed by atoms with Crippen LogP contribution in [0.2, 0.25) is 5.02 Å². The van der Waals surface area contributed by atoms with Gasteiger partial charge in [-0.25, -0.2) is 0 Å². The molecule has 1 aromatic carbocycles. The van der Waals surface area contributed by atoms with Crippen LogP contribution in [0.15, 0.2) is 12.1 Å². The van der Waals surface area contributed by atoms with E-state index in [4.69, 9.17) is 17.3 Å². The molecule has 4 nitrogen and oxygen atoms in total. The number of nitrogens with two attached hydrogens (primary N) is 1. The second-order valence-corrected chi connectivity index (χ2v) is 5.05. The van der Waals surface area contributed by atoms with E-state index in [1.54, 1.807) is 4.90 Å². The molecule has 1 aromatic rings. The Hall–Kier alpha value is -1.26. The van der Waals surface area contributed by atoms with Gasteiger partial charge in [-0.05, 0) is 31.0 Å². The zero-order valence-electron chi connectivity index (χ0n) is 10.7. The maximum atomic E-state index is 11.9. The average Bonchev–Trinajstić information content (AvgIpc) is 2.49. The SMILES string of the molecule is Cc1cc(Cl)c2c(c1)N(C)CCCN2C(=O)CN. The number of amides is 1. The zero-order valence-corrected chi connectivity index (χ0v) is 11.5. The molecule has 0 aromatic heterocycles. The number of nitrogens with zero attached hydrogens (tertiary/aromatic N) is 2. The highest BCUT2D eigenvalue weighted by Gasteiger charge is 2.25. The Bertz CT molecular complexity index is 476. The molecule has 0 aliphatic carbocycles. The number of benzene rings is 1. The smallest absolute Gasteiger partial charge is 0.240 e. The highest BCUT2D eigenvalue weighted by atomic mass is 35.5. The van der Waals surface area contributed by atoms with E-state index in [1.807, 2.05) is 20.0 Å². The first kappa shape index (κ1) is 13.2. The lowest BCUT2D eigenvalue weighted by atomic mass is 10.1. The summed E-state index contributed by atoms with van der Waals surface area (Å²) in [6.07, 6.45) is 0.909. The average molecular weight is 268 g/mol. The molecule has 0 radical (unpaired) electrons. The van der Waals surface area contributed by atoms with Gasteiger partial charge in [-0.15, -0.1) is 0 Å². The Labute approximate surface area is 112 Å². The van der Waals surface area contributed by atoms with E-state index >= 15 is 0 Å². The van der Waals surface area contributed by atoms with Crippen LogP contribution in [0.1, 0.15) is 12.0 Å². The normalized spacial score (nSPS) is 15.3. The van der Waals surface area contributed by atoms with E-state index in [0.717, 1.165) is 29.9 Å². The minimum atomic E-state index is -0.0858. The highest BCUT2D eigenvalue weighted by Crippen LogP contribution is 2.39. The Balaban J connectivity index is 2.58. The van der Waals surface area contributed by atoms with Gasteiger partial charge in [0.1, 0.15) is 0 Å². The van der Waals surface area contributed by atoms with Gasteiger partial charge in [0.15, 0.2) is 0 Å². The lowest BCUT2D eigenvalue weighted by molar-refractivity contribution is -0.117. The summed E-state index contributed by atoms with van der Waals surface area (Å²) >= 11 is 6.32. The molecule has 2 N–H and O–H groups in total. The second kappa shape index (κ2) is 5.16. The van der Waals surface area contributed by atoms with E-state index in [9.17, 15) is 4.79 Å². The molecular formula is C13H18ClN3O. The summed E-state index contributed by atoms with van der Waals surface area (Å²) in [6, 6.07) is 3.94. The lowest BCUT2D eigenvalue weighted by Gasteiger charge is -2.25. The van der Waals surface area contributed by atoms with Gasteiger partial charge in [-0.2, -0.15) is 0 Å². The molecule has 18 heavy (non-hydrogen) atoms. The molecule has 1 amide bonds. The molecule has 5 heteroatoms. The number of halogens is 1. The van der Waals surface area contributed by atoms with Crippen LogP contribution in [0.25, 0.3) is 0 Å². The number of rotatable bonds is 1. The van der Waals surface area contributed by atoms with E-state index in [-0.39, 0.29) is 12.5 Å². The number of fused-ring (bicyclic) bond motifs is 1. The quantitative estimate of drug-likeness (QED) is 0.844. The largest absolute Gasteiger partial charge is 0.373 e. The highest BCUT2D eigenvalue weighted by molar-refractivity contribution is 6.34. The van der Waals surface area contributed by atoms with Gasteiger partial charge < -0.3 is 15.5 Å². The molecule has 1 aliphatic heterocycles. The predicted molar refractivity (Wildman–Crippen MR) is 75.5 cm³/mol. The summed E-state index contributed by atoms with van der Waals surface area (Å²) in [6.45, 7) is 3.57. The van der Waals surface area contributed by atoms with Crippen molar-refractivity contribution in [1.29, 1.82) is 0 Å². The first-order valence-corrected chi connectivity index (χ1v) is 6.44. The number of hydrogen-bond donors (Lipinski definition) is 1. The van der Waals surface area contributed by atoms with Crippen LogP contribution < -0.4 is 15.5 Å². The summed E-state index contributed by atoms with van der Waals surface area (Å²) < 4.78 is 0. The number of anilines is 2. The van der Waals surface area contributed by atoms with Gasteiger partial charge in [-0.1, -0.05) is 11.6 Å². The molecular weight excluding hydrogens is 250 g/mol. The molecule has 2 rings (SSSR count). The third kappa shape index (κ3) is 2.31. The predicted octanol–water partition coefficient (Wildman–Crippen LogP) is 1.78. The van der Waals surface area contributed by atoms with Crippen LogP contribution in [0.3, 0.4) is 0 Å². The van der Waals surface area contributed by atoms with Gasteiger partial charge in [0.05, 0.1) is 22.9 Å². The van der Waals surface area contributed by atoms with E-state index < -0.39 is 0 Å². The Morgan fingerprint density at radius 1 is 1.44 bits per heavy atom. The van der Waals surface area contributed by atoms with Crippen LogP contribution >= 0.6 is 11.6 Å². The minimum absolute atomic E-state index is 0.00730. The Kier molecular flexibility index (Phi) is 3.78. The monoisotopic (exact) mass is 267 g/mol. The van der Waals surface area contributed by atoms with Crippen LogP contribution in [-0.4, -0.2) is 32.6 Å². The van der Waals surface area contributed by atoms with Crippen molar-refractivity contribution in [2.24, 2.45) is 5.73 Å². The van der Waals surface area contributed by atoms with Gasteiger partial charge in [0.2, 0.25) is 5.91 Å². The van der Waals surface area contributed by atoms with Gasteiger partial charge in [0.25, 0.3) is 0 Å². The summed E-state index contributed by atoms with van der Waals surface area (Å²) in [7, 11) is 2.02. The molecule has 0 fully saturated rings. The van der Waals surface area contributed by atoms with Crippen molar-refractivity contribution in [2.75, 3.05) is 36.5 Å². The second-order valence-electron chi connectivity index (χ2n) is 4.64. The first-order valence-electron chi connectivity index (χ1n) is 6.06. The third-order valence-corrected chi connectivity index (χ3v) is 3.51. The van der Waals surface area contributed by atoms with Crippen LogP contribution in [-0.2, 0) is 4.79 Å². The third-order valence-electron chi connectivity index (χ3n) is 3.22. The molecule has 0 unspecified atom stereocenters. The van der Waals surface area contributed by atoms with Crippen molar-refractivity contribution in [1.82, 2.24) is 0 Å². The summed E-state index contributed by atoms with van der Waals surface area (Å²) in [5.41, 5.74) is 8.36. The molecule has 0 saturated carbocycles. The Morgan fingerprint density at radius 3 is 2.83 bits per heavy atom. The fourth-order valence-corrected chi connectivity index (χ4v) is 2.70. The van der Waals surface area contributed by atoms with Crippen molar-refractivity contribution in [2.45, 2.75) is 13.3 Å². The van der Waals surface area contributed by atoms with Crippen LogP contribution in [0.4, 0.5) is 11.4 Å². The number of carbonyl (C=O) groups is 1. The van der Waals surface area contributed by atoms with Crippen molar-refractivity contribution < 1.29 is 4.79 Å². The molecule has 0 bridgehead atoms. The summed E-state index contributed by atoms with van der Waals surface area (Å²) in [5.74, 6) is -0.0858. The molecule has 0 saturated heterocycles. The van der Waals surface area contributed by atoms with Gasteiger partial charge in [0, 0.05) is 20.1 Å². The number of hydrogen-bond acceptors (Lipinski definition) is 3. The lowest BCUT2D eigenvalue weighted by Crippen LogP contribution is -2.36. The van der Waals surface area contributed by atoms with Gasteiger partial charge >= 0.3 is 0 Å². The minimum Gasteiger partial charge on any atom is -0.373 e. The summed E-state index contributed by atoms with van der Waals surface area (Å²) in [5, 5.41) is 0.612. The van der Waals surface area contributed by atoms with Crippen molar-refractivity contribution >= 4 is 28.9 Å². The fraction of sp³-hybridized carbons (Fsp3) is 0.462. The van der Waals surface area contributed by atoms with E-state index in [2.05, 4.69) is 11.0 Å². The van der Waals surface area contributed by atoms with Crippen molar-refractivity contribution in [3.05, 3.63) is 22.7 Å². The topological polar surface area (TPSA) is 49.6 Å². The van der Waals surface area contributed by atoms with E-state index in [0.29, 0.717) is 11.6 Å². The number of carbonyl (C=O) groups excluding carboxylic acids is 1. The zero-order chi connectivity index (χ0) is 13.3. The molecule has 0 spiro atoms. The number of aryl methyl sites for hydroxylation is 1. The van der Waals surface area contributed by atoms with E-state index in [1.165, 1.54) is 0 Å². The molecule has 0 atom stereocenters. The fourth-order valence-electron chi connectivity index (χ4n) is 2.33. The maximum Gasteiger partial charge on any atom is 0.240 e. The molecule has 1 heterocycles.